The van der Waals surface area contributed by atoms with Crippen LogP contribution in [-0.2, 0) is 0 Å². The van der Waals surface area contributed by atoms with Gasteiger partial charge in [0.15, 0.2) is 0 Å². The van der Waals surface area contributed by atoms with Gasteiger partial charge in [-0.15, -0.1) is 0 Å². The normalized spacial score (nSPS) is 26.6. The highest BCUT2D eigenvalue weighted by Crippen LogP contribution is 2.38. The van der Waals surface area contributed by atoms with E-state index in [1.807, 2.05) is 17.2 Å². The first-order valence-corrected chi connectivity index (χ1v) is 8.09. The Morgan fingerprint density at radius 2 is 2.05 bits per heavy atom. The van der Waals surface area contributed by atoms with Crippen LogP contribution in [0.3, 0.4) is 0 Å². The maximum atomic E-state index is 12.8. The molecule has 4 nitrogen and oxygen atoms in total. The van der Waals surface area contributed by atoms with E-state index in [1.165, 1.54) is 12.8 Å². The third-order valence-electron chi connectivity index (χ3n) is 4.50. The van der Waals surface area contributed by atoms with Gasteiger partial charge in [-0.2, -0.15) is 0 Å². The molecule has 0 radical (unpaired) electrons. The van der Waals surface area contributed by atoms with Crippen molar-refractivity contribution in [3.63, 3.8) is 0 Å². The summed E-state index contributed by atoms with van der Waals surface area (Å²) in [5.74, 6) is 0.709. The van der Waals surface area contributed by atoms with Crippen LogP contribution in [0.1, 0.15) is 36.3 Å². The number of likely N-dealkylation sites (N-methyl/N-ethyl adjacent to an activating group) is 1. The Morgan fingerprint density at radius 1 is 1.35 bits per heavy atom. The van der Waals surface area contributed by atoms with Crippen molar-refractivity contribution in [3.8, 4) is 0 Å². The lowest BCUT2D eigenvalue weighted by Gasteiger charge is -2.22. The molecule has 5 heteroatoms. The fraction of sp³-hybridized carbons (Fsp3) is 0.667. The Balaban J connectivity index is 1.80. The highest BCUT2D eigenvalue weighted by molar-refractivity contribution is 9.10. The average Bonchev–Trinajstić information content (AvgIpc) is 3.05. The standard InChI is InChI=1S/C15H22BrN3O/c1-10-7-18(9-14(10)17(2)3)15(20)13-6-11(16)8-19(13)12-4-5-12/h6,8,10,12,14H,4-5,7,9H2,1-3H3. The molecule has 1 aromatic rings. The summed E-state index contributed by atoms with van der Waals surface area (Å²) in [4.78, 5) is 17.0. The second kappa shape index (κ2) is 5.19. The first kappa shape index (κ1) is 14.1. The monoisotopic (exact) mass is 339 g/mol. The maximum absolute atomic E-state index is 12.8. The molecule has 0 bridgehead atoms. The molecule has 110 valence electrons. The molecular formula is C15H22BrN3O. The number of halogens is 1. The van der Waals surface area contributed by atoms with Gasteiger partial charge >= 0.3 is 0 Å². The van der Waals surface area contributed by atoms with Crippen LogP contribution >= 0.6 is 15.9 Å². The van der Waals surface area contributed by atoms with Crippen molar-refractivity contribution < 1.29 is 4.79 Å². The van der Waals surface area contributed by atoms with Crippen LogP contribution < -0.4 is 0 Å². The Hall–Kier alpha value is -0.810. The topological polar surface area (TPSA) is 28.5 Å². The molecule has 2 unspecified atom stereocenters. The van der Waals surface area contributed by atoms with Gasteiger partial charge < -0.3 is 14.4 Å². The van der Waals surface area contributed by atoms with Crippen molar-refractivity contribution in [2.45, 2.75) is 31.8 Å². The van der Waals surface area contributed by atoms with Gasteiger partial charge in [-0.1, -0.05) is 6.92 Å². The number of carbonyl (C=O) groups excluding carboxylic acids is 1. The van der Waals surface area contributed by atoms with E-state index in [0.29, 0.717) is 18.0 Å². The fourth-order valence-electron chi connectivity index (χ4n) is 3.22. The van der Waals surface area contributed by atoms with Crippen molar-refractivity contribution in [2.75, 3.05) is 27.2 Å². The smallest absolute Gasteiger partial charge is 0.270 e. The number of likely N-dealkylation sites (tertiary alicyclic amines) is 1. The average molecular weight is 340 g/mol. The first-order chi connectivity index (χ1) is 9.47. The summed E-state index contributed by atoms with van der Waals surface area (Å²) in [6.45, 7) is 3.92. The van der Waals surface area contributed by atoms with Crippen LogP contribution in [0.25, 0.3) is 0 Å². The zero-order valence-corrected chi connectivity index (χ0v) is 13.9. The minimum Gasteiger partial charge on any atom is -0.339 e. The van der Waals surface area contributed by atoms with E-state index in [1.54, 1.807) is 0 Å². The second-order valence-electron chi connectivity index (χ2n) is 6.40. The summed E-state index contributed by atoms with van der Waals surface area (Å²) in [6, 6.07) is 2.96. The molecule has 0 N–H and O–H groups in total. The molecule has 1 saturated heterocycles. The molecular weight excluding hydrogens is 318 g/mol. The lowest BCUT2D eigenvalue weighted by molar-refractivity contribution is 0.0770. The van der Waals surface area contributed by atoms with Crippen LogP contribution in [0.2, 0.25) is 0 Å². The predicted molar refractivity (Wildman–Crippen MR) is 82.9 cm³/mol. The van der Waals surface area contributed by atoms with E-state index < -0.39 is 0 Å². The van der Waals surface area contributed by atoms with Crippen molar-refractivity contribution in [1.82, 2.24) is 14.4 Å². The van der Waals surface area contributed by atoms with Gasteiger partial charge in [0.2, 0.25) is 0 Å². The van der Waals surface area contributed by atoms with E-state index in [2.05, 4.69) is 46.4 Å². The Bertz CT molecular complexity index is 521. The number of hydrogen-bond acceptors (Lipinski definition) is 2. The van der Waals surface area contributed by atoms with Crippen LogP contribution in [0, 0.1) is 5.92 Å². The molecule has 2 heterocycles. The third-order valence-corrected chi connectivity index (χ3v) is 4.93. The minimum absolute atomic E-state index is 0.179. The van der Waals surface area contributed by atoms with Crippen LogP contribution in [0.4, 0.5) is 0 Å². The van der Waals surface area contributed by atoms with Gasteiger partial charge in [-0.25, -0.2) is 0 Å². The molecule has 1 aromatic heterocycles. The van der Waals surface area contributed by atoms with E-state index in [4.69, 9.17) is 0 Å². The van der Waals surface area contributed by atoms with E-state index in [9.17, 15) is 4.79 Å². The summed E-state index contributed by atoms with van der Waals surface area (Å²) in [6.07, 6.45) is 4.43. The van der Waals surface area contributed by atoms with Crippen molar-refractivity contribution >= 4 is 21.8 Å². The molecule has 1 aliphatic heterocycles. The van der Waals surface area contributed by atoms with Crippen molar-refractivity contribution in [2.24, 2.45) is 5.92 Å². The molecule has 1 saturated carbocycles. The number of carbonyl (C=O) groups is 1. The molecule has 2 fully saturated rings. The zero-order chi connectivity index (χ0) is 14.4. The maximum Gasteiger partial charge on any atom is 0.270 e. The van der Waals surface area contributed by atoms with Gasteiger partial charge in [-0.05, 0) is 54.9 Å². The van der Waals surface area contributed by atoms with Gasteiger partial charge in [0.25, 0.3) is 5.91 Å². The zero-order valence-electron chi connectivity index (χ0n) is 12.3. The lowest BCUT2D eigenvalue weighted by Crippen LogP contribution is -2.36. The van der Waals surface area contributed by atoms with E-state index in [-0.39, 0.29) is 5.91 Å². The molecule has 20 heavy (non-hydrogen) atoms. The van der Waals surface area contributed by atoms with Crippen LogP contribution in [0.5, 0.6) is 0 Å². The van der Waals surface area contributed by atoms with Crippen molar-refractivity contribution in [3.05, 3.63) is 22.4 Å². The van der Waals surface area contributed by atoms with Crippen LogP contribution in [0.15, 0.2) is 16.7 Å². The quantitative estimate of drug-likeness (QED) is 0.846. The number of rotatable bonds is 3. The summed E-state index contributed by atoms with van der Waals surface area (Å²) in [5, 5.41) is 0. The number of hydrogen-bond donors (Lipinski definition) is 0. The molecule has 2 atom stereocenters. The fourth-order valence-corrected chi connectivity index (χ4v) is 3.66. The lowest BCUT2D eigenvalue weighted by atomic mass is 10.1. The third kappa shape index (κ3) is 2.53. The molecule has 0 aromatic carbocycles. The van der Waals surface area contributed by atoms with Crippen LogP contribution in [-0.4, -0.2) is 53.5 Å². The molecule has 0 spiro atoms. The number of nitrogens with zero attached hydrogens (tertiary/aromatic N) is 3. The van der Waals surface area contributed by atoms with E-state index in [0.717, 1.165) is 23.3 Å². The Labute approximate surface area is 128 Å². The highest BCUT2D eigenvalue weighted by atomic mass is 79.9. The van der Waals surface area contributed by atoms with Gasteiger partial charge in [0.05, 0.1) is 0 Å². The highest BCUT2D eigenvalue weighted by Gasteiger charge is 2.36. The largest absolute Gasteiger partial charge is 0.339 e. The molecule has 1 aliphatic carbocycles. The summed E-state index contributed by atoms with van der Waals surface area (Å²) in [5.41, 5.74) is 0.839. The summed E-state index contributed by atoms with van der Waals surface area (Å²) >= 11 is 3.50. The van der Waals surface area contributed by atoms with Gasteiger partial charge in [0.1, 0.15) is 5.69 Å². The minimum atomic E-state index is 0.179. The number of amides is 1. The Kier molecular flexibility index (Phi) is 3.67. The van der Waals surface area contributed by atoms with Crippen molar-refractivity contribution in [1.29, 1.82) is 0 Å². The molecule has 3 rings (SSSR count). The molecule has 2 aliphatic rings. The predicted octanol–water partition coefficient (Wildman–Crippen LogP) is 2.61. The Morgan fingerprint density at radius 3 is 2.60 bits per heavy atom. The first-order valence-electron chi connectivity index (χ1n) is 7.30. The van der Waals surface area contributed by atoms with E-state index >= 15 is 0 Å². The van der Waals surface area contributed by atoms with Gasteiger partial charge in [0, 0.05) is 35.8 Å². The SMILES string of the molecule is CC1CN(C(=O)c2cc(Br)cn2C2CC2)CC1N(C)C. The summed E-state index contributed by atoms with van der Waals surface area (Å²) < 4.78 is 3.16. The molecule has 1 amide bonds. The number of aromatic nitrogens is 1. The second-order valence-corrected chi connectivity index (χ2v) is 7.32. The van der Waals surface area contributed by atoms with Gasteiger partial charge in [-0.3, -0.25) is 4.79 Å². The summed E-state index contributed by atoms with van der Waals surface area (Å²) in [7, 11) is 4.19.